The lowest BCUT2D eigenvalue weighted by Crippen LogP contribution is -2.36. The van der Waals surface area contributed by atoms with Gasteiger partial charge in [-0.2, -0.15) is 0 Å². The van der Waals surface area contributed by atoms with Crippen molar-refractivity contribution >= 4 is 10.9 Å². The number of nitrogens with one attached hydrogen (secondary N) is 1. The van der Waals surface area contributed by atoms with Crippen LogP contribution >= 0.6 is 0 Å². The minimum atomic E-state index is 0.192. The number of fused-ring (bicyclic) bond motifs is 1. The predicted molar refractivity (Wildman–Crippen MR) is 89.0 cm³/mol. The van der Waals surface area contributed by atoms with Crippen molar-refractivity contribution in [3.8, 4) is 5.75 Å². The fraction of sp³-hybridized carbons (Fsp3) is 0.500. The molecule has 0 spiro atoms. The van der Waals surface area contributed by atoms with Crippen LogP contribution in [0.3, 0.4) is 0 Å². The standard InChI is InChI=1S/C18H26N2O/c1-14-10-11-15-8-7-9-16(17(15)20-14)21-13-6-5-12-19-18(2,3)4/h7-11,19H,5-6,12-13H2,1-4H3. The number of hydrogen-bond acceptors (Lipinski definition) is 3. The Bertz CT molecular complexity index is 587. The molecule has 2 aromatic rings. The van der Waals surface area contributed by atoms with Crippen LogP contribution in [-0.2, 0) is 0 Å². The van der Waals surface area contributed by atoms with Crippen LogP contribution in [0.5, 0.6) is 5.75 Å². The van der Waals surface area contributed by atoms with Crippen LogP contribution in [0.4, 0.5) is 0 Å². The highest BCUT2D eigenvalue weighted by molar-refractivity contribution is 5.84. The van der Waals surface area contributed by atoms with E-state index in [2.05, 4.69) is 43.2 Å². The second-order valence-electron chi connectivity index (χ2n) is 6.51. The highest BCUT2D eigenvalue weighted by atomic mass is 16.5. The van der Waals surface area contributed by atoms with Crippen molar-refractivity contribution in [3.05, 3.63) is 36.0 Å². The molecule has 2 rings (SSSR count). The number of pyridine rings is 1. The van der Waals surface area contributed by atoms with E-state index in [1.54, 1.807) is 0 Å². The van der Waals surface area contributed by atoms with Crippen LogP contribution in [0.25, 0.3) is 10.9 Å². The Balaban J connectivity index is 1.85. The fourth-order valence-electron chi connectivity index (χ4n) is 2.21. The van der Waals surface area contributed by atoms with Gasteiger partial charge in [0.25, 0.3) is 0 Å². The molecule has 1 heterocycles. The third-order valence-corrected chi connectivity index (χ3v) is 3.31. The minimum Gasteiger partial charge on any atom is -0.491 e. The summed E-state index contributed by atoms with van der Waals surface area (Å²) in [6.45, 7) is 10.3. The summed E-state index contributed by atoms with van der Waals surface area (Å²) in [6, 6.07) is 10.2. The summed E-state index contributed by atoms with van der Waals surface area (Å²) in [5, 5.41) is 4.62. The molecule has 114 valence electrons. The lowest BCUT2D eigenvalue weighted by Gasteiger charge is -2.20. The van der Waals surface area contributed by atoms with Crippen molar-refractivity contribution in [2.45, 2.75) is 46.1 Å². The van der Waals surface area contributed by atoms with Crippen molar-refractivity contribution in [3.63, 3.8) is 0 Å². The molecular formula is C18H26N2O. The second kappa shape index (κ2) is 6.90. The normalized spacial score (nSPS) is 11.8. The van der Waals surface area contributed by atoms with Gasteiger partial charge >= 0.3 is 0 Å². The van der Waals surface area contributed by atoms with E-state index in [0.29, 0.717) is 0 Å². The van der Waals surface area contributed by atoms with Gasteiger partial charge in [-0.15, -0.1) is 0 Å². The number of benzene rings is 1. The first kappa shape index (κ1) is 15.8. The van der Waals surface area contributed by atoms with E-state index in [1.807, 2.05) is 25.1 Å². The minimum absolute atomic E-state index is 0.192. The van der Waals surface area contributed by atoms with E-state index >= 15 is 0 Å². The van der Waals surface area contributed by atoms with Crippen LogP contribution in [0.15, 0.2) is 30.3 Å². The van der Waals surface area contributed by atoms with E-state index in [4.69, 9.17) is 4.74 Å². The summed E-state index contributed by atoms with van der Waals surface area (Å²) in [5.74, 6) is 0.889. The van der Waals surface area contributed by atoms with Crippen molar-refractivity contribution in [1.82, 2.24) is 10.3 Å². The number of ether oxygens (including phenoxy) is 1. The zero-order valence-electron chi connectivity index (χ0n) is 13.6. The Labute approximate surface area is 127 Å². The summed E-state index contributed by atoms with van der Waals surface area (Å²) in [4.78, 5) is 4.59. The predicted octanol–water partition coefficient (Wildman–Crippen LogP) is 4.09. The van der Waals surface area contributed by atoms with Crippen molar-refractivity contribution < 1.29 is 4.74 Å². The molecule has 0 unspecified atom stereocenters. The molecule has 0 fully saturated rings. The maximum Gasteiger partial charge on any atom is 0.145 e. The molecule has 21 heavy (non-hydrogen) atoms. The Morgan fingerprint density at radius 2 is 1.90 bits per heavy atom. The van der Waals surface area contributed by atoms with Crippen molar-refractivity contribution in [1.29, 1.82) is 0 Å². The number of rotatable bonds is 6. The Morgan fingerprint density at radius 1 is 1.10 bits per heavy atom. The number of unbranched alkanes of at least 4 members (excludes halogenated alkanes) is 1. The summed E-state index contributed by atoms with van der Waals surface area (Å²) in [7, 11) is 0. The van der Waals surface area contributed by atoms with Gasteiger partial charge in [-0.25, -0.2) is 4.98 Å². The van der Waals surface area contributed by atoms with Gasteiger partial charge in [0, 0.05) is 16.6 Å². The molecule has 0 amide bonds. The SMILES string of the molecule is Cc1ccc2cccc(OCCCCNC(C)(C)C)c2n1. The Kier molecular flexibility index (Phi) is 5.18. The van der Waals surface area contributed by atoms with Gasteiger partial charge in [0.2, 0.25) is 0 Å². The van der Waals surface area contributed by atoms with E-state index < -0.39 is 0 Å². The maximum absolute atomic E-state index is 5.92. The highest BCUT2D eigenvalue weighted by Gasteiger charge is 2.07. The largest absolute Gasteiger partial charge is 0.491 e. The van der Waals surface area contributed by atoms with Crippen molar-refractivity contribution in [2.75, 3.05) is 13.2 Å². The average molecular weight is 286 g/mol. The summed E-state index contributed by atoms with van der Waals surface area (Å²) in [5.41, 5.74) is 2.18. The van der Waals surface area contributed by atoms with Crippen LogP contribution in [0.1, 0.15) is 39.3 Å². The topological polar surface area (TPSA) is 34.1 Å². The van der Waals surface area contributed by atoms with Crippen molar-refractivity contribution in [2.24, 2.45) is 0 Å². The molecule has 0 bridgehead atoms. The molecule has 0 aliphatic heterocycles. The highest BCUT2D eigenvalue weighted by Crippen LogP contribution is 2.24. The second-order valence-corrected chi connectivity index (χ2v) is 6.51. The third kappa shape index (κ3) is 5.01. The van der Waals surface area contributed by atoms with E-state index in [9.17, 15) is 0 Å². The van der Waals surface area contributed by atoms with E-state index in [-0.39, 0.29) is 5.54 Å². The zero-order valence-corrected chi connectivity index (χ0v) is 13.6. The van der Waals surface area contributed by atoms with E-state index in [0.717, 1.165) is 48.3 Å². The zero-order chi connectivity index (χ0) is 15.3. The number of aryl methyl sites for hydroxylation is 1. The molecule has 3 nitrogen and oxygen atoms in total. The van der Waals surface area contributed by atoms with Gasteiger partial charge in [-0.3, -0.25) is 0 Å². The molecule has 1 N–H and O–H groups in total. The molecule has 1 aromatic heterocycles. The molecular weight excluding hydrogens is 260 g/mol. The number of para-hydroxylation sites is 1. The van der Waals surface area contributed by atoms with Crippen LogP contribution in [0, 0.1) is 6.92 Å². The number of aromatic nitrogens is 1. The molecule has 0 saturated heterocycles. The first-order chi connectivity index (χ1) is 9.96. The first-order valence-electron chi connectivity index (χ1n) is 7.70. The van der Waals surface area contributed by atoms with Crippen LogP contribution < -0.4 is 10.1 Å². The third-order valence-electron chi connectivity index (χ3n) is 3.31. The lowest BCUT2D eigenvalue weighted by atomic mass is 10.1. The molecule has 0 atom stereocenters. The van der Waals surface area contributed by atoms with E-state index in [1.165, 1.54) is 0 Å². The number of nitrogens with zero attached hydrogens (tertiary/aromatic N) is 1. The quantitative estimate of drug-likeness (QED) is 0.812. The Hall–Kier alpha value is -1.61. The van der Waals surface area contributed by atoms with Gasteiger partial charge in [0.05, 0.1) is 6.61 Å². The fourth-order valence-corrected chi connectivity index (χ4v) is 2.21. The smallest absolute Gasteiger partial charge is 0.145 e. The van der Waals surface area contributed by atoms with Gasteiger partial charge in [0.1, 0.15) is 11.3 Å². The number of hydrogen-bond donors (Lipinski definition) is 1. The molecule has 0 saturated carbocycles. The van der Waals surface area contributed by atoms with Crippen LogP contribution in [-0.4, -0.2) is 23.7 Å². The summed E-state index contributed by atoms with van der Waals surface area (Å²) >= 11 is 0. The summed E-state index contributed by atoms with van der Waals surface area (Å²) in [6.07, 6.45) is 2.17. The molecule has 0 aliphatic rings. The van der Waals surface area contributed by atoms with Gasteiger partial charge < -0.3 is 10.1 Å². The summed E-state index contributed by atoms with van der Waals surface area (Å²) < 4.78 is 5.92. The van der Waals surface area contributed by atoms with Gasteiger partial charge in [-0.05, 0) is 59.2 Å². The van der Waals surface area contributed by atoms with Gasteiger partial charge in [0.15, 0.2) is 0 Å². The molecule has 3 heteroatoms. The molecule has 0 radical (unpaired) electrons. The Morgan fingerprint density at radius 3 is 2.67 bits per heavy atom. The monoisotopic (exact) mass is 286 g/mol. The molecule has 1 aromatic carbocycles. The first-order valence-corrected chi connectivity index (χ1v) is 7.70. The lowest BCUT2D eigenvalue weighted by molar-refractivity contribution is 0.304. The van der Waals surface area contributed by atoms with Crippen LogP contribution in [0.2, 0.25) is 0 Å². The average Bonchev–Trinajstić information content (AvgIpc) is 2.41. The molecule has 0 aliphatic carbocycles. The maximum atomic E-state index is 5.92. The van der Waals surface area contributed by atoms with Gasteiger partial charge in [-0.1, -0.05) is 18.2 Å².